The molecule has 0 aliphatic carbocycles. The summed E-state index contributed by atoms with van der Waals surface area (Å²) in [5.74, 6) is 1.60. The number of para-hydroxylation sites is 2. The van der Waals surface area contributed by atoms with Gasteiger partial charge in [0.1, 0.15) is 23.7 Å². The maximum atomic E-state index is 12.4. The van der Waals surface area contributed by atoms with E-state index in [1.807, 2.05) is 68.4 Å². The van der Waals surface area contributed by atoms with Crippen molar-refractivity contribution < 1.29 is 13.9 Å². The highest BCUT2D eigenvalue weighted by molar-refractivity contribution is 5.78. The Labute approximate surface area is 153 Å². The van der Waals surface area contributed by atoms with E-state index in [2.05, 4.69) is 5.32 Å². The lowest BCUT2D eigenvalue weighted by molar-refractivity contribution is 0.185. The standard InChI is InChI=1S/C21H24N2O3/c1-15-8-4-6-10-18(15)25-13-12-22-21(24)23(3)16(2)20-14-17-9-5-7-11-19(17)26-20/h4-11,14,16H,12-13H2,1-3H3,(H,22,24). The van der Waals surface area contributed by atoms with Crippen molar-refractivity contribution in [1.29, 1.82) is 0 Å². The van der Waals surface area contributed by atoms with E-state index in [-0.39, 0.29) is 12.1 Å². The smallest absolute Gasteiger partial charge is 0.317 e. The number of amides is 2. The number of ether oxygens (including phenoxy) is 1. The minimum Gasteiger partial charge on any atom is -0.491 e. The number of rotatable bonds is 6. The Morgan fingerprint density at radius 3 is 2.69 bits per heavy atom. The summed E-state index contributed by atoms with van der Waals surface area (Å²) in [6, 6.07) is 17.3. The average Bonchev–Trinajstić information content (AvgIpc) is 3.09. The molecular formula is C21H24N2O3. The molecule has 5 heteroatoms. The van der Waals surface area contributed by atoms with Gasteiger partial charge in [-0.1, -0.05) is 36.4 Å². The summed E-state index contributed by atoms with van der Waals surface area (Å²) < 4.78 is 11.6. The van der Waals surface area contributed by atoms with Crippen LogP contribution in [0.15, 0.2) is 59.0 Å². The predicted molar refractivity (Wildman–Crippen MR) is 102 cm³/mol. The van der Waals surface area contributed by atoms with E-state index in [0.717, 1.165) is 28.0 Å². The van der Waals surface area contributed by atoms with Crippen molar-refractivity contribution in [2.45, 2.75) is 19.9 Å². The Balaban J connectivity index is 1.51. The molecule has 0 saturated carbocycles. The molecule has 0 spiro atoms. The molecule has 0 fully saturated rings. The highest BCUT2D eigenvalue weighted by atomic mass is 16.5. The normalized spacial score (nSPS) is 12.0. The van der Waals surface area contributed by atoms with Gasteiger partial charge in [-0.05, 0) is 37.6 Å². The van der Waals surface area contributed by atoms with E-state index in [4.69, 9.17) is 9.15 Å². The molecule has 1 atom stereocenters. The molecule has 0 bridgehead atoms. The summed E-state index contributed by atoms with van der Waals surface area (Å²) in [6.07, 6.45) is 0. The van der Waals surface area contributed by atoms with Crippen LogP contribution in [0, 0.1) is 6.92 Å². The quantitative estimate of drug-likeness (QED) is 0.664. The lowest BCUT2D eigenvalue weighted by atomic mass is 10.2. The van der Waals surface area contributed by atoms with E-state index in [0.29, 0.717) is 13.2 Å². The second-order valence-electron chi connectivity index (χ2n) is 6.32. The molecule has 2 aromatic carbocycles. The number of hydrogen-bond acceptors (Lipinski definition) is 3. The van der Waals surface area contributed by atoms with Gasteiger partial charge in [0, 0.05) is 12.4 Å². The molecule has 3 rings (SSSR count). The number of benzene rings is 2. The largest absolute Gasteiger partial charge is 0.491 e. The van der Waals surface area contributed by atoms with Gasteiger partial charge in [-0.3, -0.25) is 0 Å². The zero-order chi connectivity index (χ0) is 18.5. The van der Waals surface area contributed by atoms with Crippen LogP contribution in [0.2, 0.25) is 0 Å². The van der Waals surface area contributed by atoms with Gasteiger partial charge in [0.25, 0.3) is 0 Å². The molecule has 3 aromatic rings. The summed E-state index contributed by atoms with van der Waals surface area (Å²) in [6.45, 7) is 4.80. The maximum absolute atomic E-state index is 12.4. The summed E-state index contributed by atoms with van der Waals surface area (Å²) in [5, 5.41) is 3.91. The van der Waals surface area contributed by atoms with E-state index >= 15 is 0 Å². The van der Waals surface area contributed by atoms with Crippen molar-refractivity contribution >= 4 is 17.0 Å². The Morgan fingerprint density at radius 1 is 1.19 bits per heavy atom. The SMILES string of the molecule is Cc1ccccc1OCCNC(=O)N(C)C(C)c1cc2ccccc2o1. The van der Waals surface area contributed by atoms with Crippen molar-refractivity contribution in [3.63, 3.8) is 0 Å². The zero-order valence-corrected chi connectivity index (χ0v) is 15.4. The van der Waals surface area contributed by atoms with Crippen LogP contribution in [-0.2, 0) is 0 Å². The molecular weight excluding hydrogens is 328 g/mol. The summed E-state index contributed by atoms with van der Waals surface area (Å²) >= 11 is 0. The molecule has 0 saturated heterocycles. The van der Waals surface area contributed by atoms with Gasteiger partial charge in [-0.15, -0.1) is 0 Å². The van der Waals surface area contributed by atoms with Gasteiger partial charge in [-0.25, -0.2) is 4.79 Å². The minimum atomic E-state index is -0.167. The molecule has 5 nitrogen and oxygen atoms in total. The second-order valence-corrected chi connectivity index (χ2v) is 6.32. The third kappa shape index (κ3) is 3.99. The Bertz CT molecular complexity index is 855. The predicted octanol–water partition coefficient (Wildman–Crippen LogP) is 4.52. The van der Waals surface area contributed by atoms with Gasteiger partial charge in [0.2, 0.25) is 0 Å². The van der Waals surface area contributed by atoms with Crippen molar-refractivity contribution in [3.8, 4) is 5.75 Å². The lowest BCUT2D eigenvalue weighted by Gasteiger charge is -2.23. The van der Waals surface area contributed by atoms with Crippen molar-refractivity contribution in [2.24, 2.45) is 0 Å². The van der Waals surface area contributed by atoms with Gasteiger partial charge in [0.05, 0.1) is 12.6 Å². The third-order valence-corrected chi connectivity index (χ3v) is 4.49. The highest BCUT2D eigenvalue weighted by Crippen LogP contribution is 2.26. The second kappa shape index (κ2) is 7.95. The van der Waals surface area contributed by atoms with Gasteiger partial charge < -0.3 is 19.4 Å². The molecule has 0 aliphatic heterocycles. The maximum Gasteiger partial charge on any atom is 0.317 e. The van der Waals surface area contributed by atoms with Crippen molar-refractivity contribution in [2.75, 3.05) is 20.2 Å². The van der Waals surface area contributed by atoms with Crippen molar-refractivity contribution in [1.82, 2.24) is 10.2 Å². The lowest BCUT2D eigenvalue weighted by Crippen LogP contribution is -2.40. The molecule has 136 valence electrons. The van der Waals surface area contributed by atoms with E-state index in [9.17, 15) is 4.79 Å². The fraction of sp³-hybridized carbons (Fsp3) is 0.286. The summed E-state index contributed by atoms with van der Waals surface area (Å²) in [4.78, 5) is 14.0. The van der Waals surface area contributed by atoms with Crippen LogP contribution in [0.4, 0.5) is 4.79 Å². The summed E-state index contributed by atoms with van der Waals surface area (Å²) in [7, 11) is 1.76. The first-order chi connectivity index (χ1) is 12.6. The number of fused-ring (bicyclic) bond motifs is 1. The Kier molecular flexibility index (Phi) is 5.46. The molecule has 0 aliphatic rings. The van der Waals surface area contributed by atoms with E-state index < -0.39 is 0 Å². The number of carbonyl (C=O) groups excluding carboxylic acids is 1. The topological polar surface area (TPSA) is 54.7 Å². The average molecular weight is 352 g/mol. The molecule has 2 amide bonds. The van der Waals surface area contributed by atoms with Crippen LogP contribution in [-0.4, -0.2) is 31.1 Å². The number of furan rings is 1. The molecule has 1 aromatic heterocycles. The molecule has 26 heavy (non-hydrogen) atoms. The molecule has 1 N–H and O–H groups in total. The molecule has 1 heterocycles. The van der Waals surface area contributed by atoms with Crippen molar-refractivity contribution in [3.05, 3.63) is 65.9 Å². The van der Waals surface area contributed by atoms with Gasteiger partial charge in [0.15, 0.2) is 0 Å². The Morgan fingerprint density at radius 2 is 1.92 bits per heavy atom. The van der Waals surface area contributed by atoms with Crippen LogP contribution in [0.5, 0.6) is 5.75 Å². The number of nitrogens with zero attached hydrogens (tertiary/aromatic N) is 1. The van der Waals surface area contributed by atoms with Crippen LogP contribution in [0.1, 0.15) is 24.3 Å². The van der Waals surface area contributed by atoms with Crippen LogP contribution >= 0.6 is 0 Å². The summed E-state index contributed by atoms with van der Waals surface area (Å²) in [5.41, 5.74) is 1.91. The fourth-order valence-electron chi connectivity index (χ4n) is 2.74. The van der Waals surface area contributed by atoms with Crippen LogP contribution in [0.3, 0.4) is 0 Å². The number of carbonyl (C=O) groups is 1. The number of nitrogens with one attached hydrogen (secondary N) is 1. The van der Waals surface area contributed by atoms with Crippen LogP contribution in [0.25, 0.3) is 11.0 Å². The molecule has 0 radical (unpaired) electrons. The highest BCUT2D eigenvalue weighted by Gasteiger charge is 2.20. The fourth-order valence-corrected chi connectivity index (χ4v) is 2.74. The van der Waals surface area contributed by atoms with E-state index in [1.165, 1.54) is 0 Å². The zero-order valence-electron chi connectivity index (χ0n) is 15.4. The first-order valence-electron chi connectivity index (χ1n) is 8.74. The first kappa shape index (κ1) is 17.9. The van der Waals surface area contributed by atoms with Gasteiger partial charge in [-0.2, -0.15) is 0 Å². The first-order valence-corrected chi connectivity index (χ1v) is 8.74. The Hall–Kier alpha value is -2.95. The number of hydrogen-bond donors (Lipinski definition) is 1. The van der Waals surface area contributed by atoms with Crippen LogP contribution < -0.4 is 10.1 Å². The van der Waals surface area contributed by atoms with E-state index in [1.54, 1.807) is 11.9 Å². The monoisotopic (exact) mass is 352 g/mol. The third-order valence-electron chi connectivity index (χ3n) is 4.49. The van der Waals surface area contributed by atoms with Gasteiger partial charge >= 0.3 is 6.03 Å². The minimum absolute atomic E-state index is 0.161. The number of urea groups is 1. The number of aryl methyl sites for hydroxylation is 1. The molecule has 1 unspecified atom stereocenters.